The second-order valence-electron chi connectivity index (χ2n) is 3.85. The number of halogens is 4. The summed E-state index contributed by atoms with van der Waals surface area (Å²) in [5.74, 6) is 0.648. The van der Waals surface area contributed by atoms with Gasteiger partial charge in [0.1, 0.15) is 5.82 Å². The van der Waals surface area contributed by atoms with Crippen molar-refractivity contribution in [1.82, 2.24) is 4.98 Å². The van der Waals surface area contributed by atoms with Crippen LogP contribution in [0.4, 0.5) is 24.7 Å². The van der Waals surface area contributed by atoms with Crippen molar-refractivity contribution in [3.05, 3.63) is 53.7 Å². The maximum absolute atomic E-state index is 12.4. The van der Waals surface area contributed by atoms with E-state index < -0.39 is 11.7 Å². The van der Waals surface area contributed by atoms with E-state index in [1.165, 1.54) is 6.07 Å². The van der Waals surface area contributed by atoms with E-state index in [1.807, 2.05) is 18.2 Å². The first-order chi connectivity index (χ1) is 9.00. The number of rotatable bonds is 3. The number of benzene rings is 1. The van der Waals surface area contributed by atoms with E-state index in [9.17, 15) is 13.2 Å². The highest BCUT2D eigenvalue weighted by atomic mass is 35.5. The molecule has 19 heavy (non-hydrogen) atoms. The predicted molar refractivity (Wildman–Crippen MR) is 68.5 cm³/mol. The van der Waals surface area contributed by atoms with Gasteiger partial charge in [-0.15, -0.1) is 11.6 Å². The average molecular weight is 287 g/mol. The Labute approximate surface area is 113 Å². The molecule has 0 atom stereocenters. The van der Waals surface area contributed by atoms with Gasteiger partial charge in [0, 0.05) is 17.8 Å². The summed E-state index contributed by atoms with van der Waals surface area (Å²) in [6, 6.07) is 9.54. The molecule has 0 radical (unpaired) electrons. The Kier molecular flexibility index (Phi) is 3.95. The lowest BCUT2D eigenvalue weighted by molar-refractivity contribution is -0.137. The number of nitrogens with one attached hydrogen (secondary N) is 1. The lowest BCUT2D eigenvalue weighted by Crippen LogP contribution is -2.06. The highest BCUT2D eigenvalue weighted by Gasteiger charge is 2.30. The van der Waals surface area contributed by atoms with Crippen molar-refractivity contribution in [2.24, 2.45) is 0 Å². The second-order valence-corrected chi connectivity index (χ2v) is 4.11. The fourth-order valence-corrected chi connectivity index (χ4v) is 1.77. The van der Waals surface area contributed by atoms with Crippen LogP contribution in [0.5, 0.6) is 0 Å². The molecule has 1 N–H and O–H groups in total. The molecule has 2 nitrogen and oxygen atoms in total. The quantitative estimate of drug-likeness (QED) is 0.835. The molecular formula is C13H10ClF3N2. The summed E-state index contributed by atoms with van der Waals surface area (Å²) >= 11 is 5.77. The number of pyridine rings is 1. The molecule has 0 spiro atoms. The summed E-state index contributed by atoms with van der Waals surface area (Å²) in [5.41, 5.74) is 0.805. The van der Waals surface area contributed by atoms with Crippen LogP contribution in [0.1, 0.15) is 11.1 Å². The minimum atomic E-state index is -4.38. The second kappa shape index (κ2) is 5.48. The molecule has 1 aromatic heterocycles. The zero-order valence-corrected chi connectivity index (χ0v) is 10.5. The van der Waals surface area contributed by atoms with Crippen LogP contribution in [-0.2, 0) is 12.1 Å². The topological polar surface area (TPSA) is 24.9 Å². The average Bonchev–Trinajstić information content (AvgIpc) is 2.39. The maximum atomic E-state index is 12.4. The highest BCUT2D eigenvalue weighted by Crippen LogP contribution is 2.29. The lowest BCUT2D eigenvalue weighted by Gasteiger charge is -2.11. The van der Waals surface area contributed by atoms with Gasteiger partial charge in [-0.1, -0.05) is 18.2 Å². The zero-order valence-electron chi connectivity index (χ0n) is 9.71. The lowest BCUT2D eigenvalue weighted by atomic mass is 10.2. The molecule has 0 amide bonds. The van der Waals surface area contributed by atoms with Gasteiger partial charge in [-0.05, 0) is 23.8 Å². The minimum Gasteiger partial charge on any atom is -0.340 e. The largest absolute Gasteiger partial charge is 0.417 e. The van der Waals surface area contributed by atoms with Gasteiger partial charge >= 0.3 is 6.18 Å². The van der Waals surface area contributed by atoms with Gasteiger partial charge in [0.05, 0.1) is 5.56 Å². The van der Waals surface area contributed by atoms with Crippen LogP contribution >= 0.6 is 11.6 Å². The summed E-state index contributed by atoms with van der Waals surface area (Å²) in [4.78, 5) is 3.74. The van der Waals surface area contributed by atoms with Gasteiger partial charge in [-0.25, -0.2) is 4.98 Å². The number of hydrogen-bond acceptors (Lipinski definition) is 2. The molecule has 0 aliphatic heterocycles. The van der Waals surface area contributed by atoms with Crippen molar-refractivity contribution >= 4 is 23.1 Å². The molecule has 0 fully saturated rings. The Morgan fingerprint density at radius 3 is 2.42 bits per heavy atom. The molecule has 1 aromatic carbocycles. The van der Waals surface area contributed by atoms with Crippen molar-refractivity contribution in [1.29, 1.82) is 0 Å². The summed E-state index contributed by atoms with van der Waals surface area (Å²) < 4.78 is 37.2. The number of para-hydroxylation sites is 1. The van der Waals surface area contributed by atoms with Crippen LogP contribution in [-0.4, -0.2) is 4.98 Å². The smallest absolute Gasteiger partial charge is 0.340 e. The standard InChI is InChI=1S/C13H10ClF3N2/c14-7-9-3-1-2-4-11(9)19-12-6-5-10(8-18-12)13(15,16)17/h1-6,8H,7H2,(H,18,19). The van der Waals surface area contributed by atoms with Crippen LogP contribution in [0.2, 0.25) is 0 Å². The molecule has 2 rings (SSSR count). The van der Waals surface area contributed by atoms with Crippen molar-refractivity contribution < 1.29 is 13.2 Å². The molecule has 0 unspecified atom stereocenters. The van der Waals surface area contributed by atoms with Crippen molar-refractivity contribution in [2.45, 2.75) is 12.1 Å². The van der Waals surface area contributed by atoms with Gasteiger partial charge in [-0.2, -0.15) is 13.2 Å². The van der Waals surface area contributed by atoms with Crippen molar-refractivity contribution in [3.8, 4) is 0 Å². The van der Waals surface area contributed by atoms with E-state index in [0.29, 0.717) is 11.7 Å². The SMILES string of the molecule is FC(F)(F)c1ccc(Nc2ccccc2CCl)nc1. The van der Waals surface area contributed by atoms with Crippen LogP contribution in [0.3, 0.4) is 0 Å². The normalized spacial score (nSPS) is 11.4. The van der Waals surface area contributed by atoms with Gasteiger partial charge in [-0.3, -0.25) is 0 Å². The fourth-order valence-electron chi connectivity index (χ4n) is 1.53. The molecule has 0 aliphatic carbocycles. The van der Waals surface area contributed by atoms with Crippen molar-refractivity contribution in [3.63, 3.8) is 0 Å². The van der Waals surface area contributed by atoms with Crippen LogP contribution < -0.4 is 5.32 Å². The van der Waals surface area contributed by atoms with Crippen LogP contribution in [0, 0.1) is 0 Å². The Bertz CT molecular complexity index is 553. The van der Waals surface area contributed by atoms with Crippen LogP contribution in [0.25, 0.3) is 0 Å². The molecule has 1 heterocycles. The minimum absolute atomic E-state index is 0.309. The Hall–Kier alpha value is -1.75. The molecule has 6 heteroatoms. The Morgan fingerprint density at radius 2 is 1.84 bits per heavy atom. The molecule has 0 bridgehead atoms. The van der Waals surface area contributed by atoms with E-state index in [2.05, 4.69) is 10.3 Å². The van der Waals surface area contributed by atoms with Gasteiger partial charge in [0.15, 0.2) is 0 Å². The molecule has 0 aliphatic rings. The molecule has 2 aromatic rings. The van der Waals surface area contributed by atoms with E-state index in [0.717, 1.165) is 23.5 Å². The molecule has 0 saturated carbocycles. The van der Waals surface area contributed by atoms with Gasteiger partial charge < -0.3 is 5.32 Å². The number of anilines is 2. The summed E-state index contributed by atoms with van der Waals surface area (Å²) in [6.07, 6.45) is -3.58. The predicted octanol–water partition coefficient (Wildman–Crippen LogP) is 4.58. The first kappa shape index (κ1) is 13.7. The third-order valence-electron chi connectivity index (χ3n) is 2.51. The number of aromatic nitrogens is 1. The van der Waals surface area contributed by atoms with E-state index in [4.69, 9.17) is 11.6 Å². The molecule has 0 saturated heterocycles. The summed E-state index contributed by atoms with van der Waals surface area (Å²) in [5, 5.41) is 2.94. The summed E-state index contributed by atoms with van der Waals surface area (Å²) in [7, 11) is 0. The number of alkyl halides is 4. The third-order valence-corrected chi connectivity index (χ3v) is 2.80. The Morgan fingerprint density at radius 1 is 1.11 bits per heavy atom. The summed E-state index contributed by atoms with van der Waals surface area (Å²) in [6.45, 7) is 0. The number of nitrogens with zero attached hydrogens (tertiary/aromatic N) is 1. The zero-order chi connectivity index (χ0) is 13.9. The van der Waals surface area contributed by atoms with Gasteiger partial charge in [0.25, 0.3) is 0 Å². The first-order valence-electron chi connectivity index (χ1n) is 5.45. The van der Waals surface area contributed by atoms with Crippen molar-refractivity contribution in [2.75, 3.05) is 5.32 Å². The molecule has 100 valence electrons. The fraction of sp³-hybridized carbons (Fsp3) is 0.154. The van der Waals surface area contributed by atoms with Crippen LogP contribution in [0.15, 0.2) is 42.6 Å². The highest BCUT2D eigenvalue weighted by molar-refractivity contribution is 6.17. The van der Waals surface area contributed by atoms with Gasteiger partial charge in [0.2, 0.25) is 0 Å². The van der Waals surface area contributed by atoms with E-state index >= 15 is 0 Å². The Balaban J connectivity index is 2.20. The maximum Gasteiger partial charge on any atom is 0.417 e. The first-order valence-corrected chi connectivity index (χ1v) is 5.98. The van der Waals surface area contributed by atoms with E-state index in [-0.39, 0.29) is 0 Å². The number of hydrogen-bond donors (Lipinski definition) is 1. The van der Waals surface area contributed by atoms with E-state index in [1.54, 1.807) is 6.07 Å². The molecular weight excluding hydrogens is 277 g/mol. The third kappa shape index (κ3) is 3.38. The monoisotopic (exact) mass is 286 g/mol.